The SMILES string of the molecule is O=C(NCC=Cc1ccc2c(c1)CNC2=O)OCC1c2ccccc2-c2ccccc21. The van der Waals surface area contributed by atoms with Crippen molar-refractivity contribution in [3.63, 3.8) is 0 Å². The second-order valence-electron chi connectivity index (χ2n) is 7.71. The number of rotatable bonds is 5. The van der Waals surface area contributed by atoms with Gasteiger partial charge in [-0.3, -0.25) is 4.79 Å². The van der Waals surface area contributed by atoms with Crippen LogP contribution in [0.4, 0.5) is 4.79 Å². The average molecular weight is 410 g/mol. The van der Waals surface area contributed by atoms with E-state index in [1.807, 2.05) is 54.6 Å². The van der Waals surface area contributed by atoms with Gasteiger partial charge in [0.1, 0.15) is 6.61 Å². The maximum Gasteiger partial charge on any atom is 0.407 e. The van der Waals surface area contributed by atoms with Gasteiger partial charge in [-0.1, -0.05) is 66.7 Å². The van der Waals surface area contributed by atoms with Crippen LogP contribution in [0.25, 0.3) is 17.2 Å². The zero-order valence-corrected chi connectivity index (χ0v) is 16.9. The molecule has 0 saturated carbocycles. The predicted octanol–water partition coefficient (Wildman–Crippen LogP) is 4.48. The van der Waals surface area contributed by atoms with Crippen molar-refractivity contribution >= 4 is 18.1 Å². The van der Waals surface area contributed by atoms with E-state index in [9.17, 15) is 9.59 Å². The molecule has 0 saturated heterocycles. The summed E-state index contributed by atoms with van der Waals surface area (Å²) < 4.78 is 5.53. The van der Waals surface area contributed by atoms with Crippen LogP contribution in [-0.2, 0) is 11.3 Å². The van der Waals surface area contributed by atoms with Crippen molar-refractivity contribution in [3.05, 3.63) is 101 Å². The van der Waals surface area contributed by atoms with Crippen LogP contribution in [0.5, 0.6) is 0 Å². The molecule has 3 aromatic rings. The molecule has 5 rings (SSSR count). The fourth-order valence-corrected chi connectivity index (χ4v) is 4.34. The highest BCUT2D eigenvalue weighted by molar-refractivity contribution is 5.98. The summed E-state index contributed by atoms with van der Waals surface area (Å²) >= 11 is 0. The lowest BCUT2D eigenvalue weighted by molar-refractivity contribution is 0.0965. The normalized spacial score (nSPS) is 14.1. The average Bonchev–Trinajstić information content (AvgIpc) is 3.33. The molecule has 31 heavy (non-hydrogen) atoms. The number of carbonyl (C=O) groups excluding carboxylic acids is 2. The van der Waals surface area contributed by atoms with Gasteiger partial charge in [-0.05, 0) is 45.5 Å². The number of hydrogen-bond donors (Lipinski definition) is 2. The fraction of sp³-hybridized carbons (Fsp3) is 0.154. The Bertz CT molecular complexity index is 1150. The van der Waals surface area contributed by atoms with E-state index in [0.717, 1.165) is 16.7 Å². The molecule has 2 amide bonds. The summed E-state index contributed by atoms with van der Waals surface area (Å²) in [5.41, 5.74) is 7.53. The maximum atomic E-state index is 12.2. The van der Waals surface area contributed by atoms with E-state index in [2.05, 4.69) is 34.9 Å². The number of benzene rings is 3. The van der Waals surface area contributed by atoms with E-state index >= 15 is 0 Å². The topological polar surface area (TPSA) is 67.4 Å². The second-order valence-corrected chi connectivity index (χ2v) is 7.71. The predicted molar refractivity (Wildman–Crippen MR) is 120 cm³/mol. The monoisotopic (exact) mass is 410 g/mol. The molecule has 0 unspecified atom stereocenters. The summed E-state index contributed by atoms with van der Waals surface area (Å²) in [5, 5.41) is 5.58. The van der Waals surface area contributed by atoms with E-state index < -0.39 is 6.09 Å². The largest absolute Gasteiger partial charge is 0.449 e. The minimum Gasteiger partial charge on any atom is -0.449 e. The number of nitrogens with one attached hydrogen (secondary N) is 2. The molecule has 0 fully saturated rings. The van der Waals surface area contributed by atoms with Gasteiger partial charge in [-0.2, -0.15) is 0 Å². The van der Waals surface area contributed by atoms with E-state index in [-0.39, 0.29) is 11.8 Å². The molecular formula is C26H22N2O3. The second kappa shape index (κ2) is 8.11. The summed E-state index contributed by atoms with van der Waals surface area (Å²) in [6.07, 6.45) is 3.36. The molecule has 0 bridgehead atoms. The molecule has 1 aliphatic carbocycles. The molecule has 1 heterocycles. The molecule has 154 valence electrons. The van der Waals surface area contributed by atoms with Gasteiger partial charge in [0, 0.05) is 24.6 Å². The summed E-state index contributed by atoms with van der Waals surface area (Å²) in [7, 11) is 0. The Kier molecular flexibility index (Phi) is 5.00. The minimum atomic E-state index is -0.435. The minimum absolute atomic E-state index is 0.0255. The molecule has 5 nitrogen and oxygen atoms in total. The van der Waals surface area contributed by atoms with Crippen molar-refractivity contribution in [2.45, 2.75) is 12.5 Å². The smallest absolute Gasteiger partial charge is 0.407 e. The highest BCUT2D eigenvalue weighted by Gasteiger charge is 2.28. The Morgan fingerprint density at radius 1 is 1.00 bits per heavy atom. The lowest BCUT2D eigenvalue weighted by Gasteiger charge is -2.14. The lowest BCUT2D eigenvalue weighted by Crippen LogP contribution is -2.26. The van der Waals surface area contributed by atoms with Crippen LogP contribution in [0.2, 0.25) is 0 Å². The zero-order valence-electron chi connectivity index (χ0n) is 16.9. The van der Waals surface area contributed by atoms with E-state index in [4.69, 9.17) is 4.74 Å². The van der Waals surface area contributed by atoms with E-state index in [1.165, 1.54) is 22.3 Å². The van der Waals surface area contributed by atoms with Gasteiger partial charge in [-0.15, -0.1) is 0 Å². The van der Waals surface area contributed by atoms with Gasteiger partial charge in [0.15, 0.2) is 0 Å². The van der Waals surface area contributed by atoms with Gasteiger partial charge >= 0.3 is 6.09 Å². The number of hydrogen-bond acceptors (Lipinski definition) is 3. The molecule has 5 heteroatoms. The van der Waals surface area contributed by atoms with Gasteiger partial charge in [0.25, 0.3) is 5.91 Å². The van der Waals surface area contributed by atoms with Crippen LogP contribution in [0.1, 0.15) is 38.5 Å². The van der Waals surface area contributed by atoms with Crippen LogP contribution < -0.4 is 10.6 Å². The Hall–Kier alpha value is -3.86. The summed E-state index contributed by atoms with van der Waals surface area (Å²) in [6.45, 7) is 1.23. The molecule has 0 spiro atoms. The van der Waals surface area contributed by atoms with Gasteiger partial charge in [-0.25, -0.2) is 4.79 Å². The van der Waals surface area contributed by atoms with Crippen molar-refractivity contribution in [2.75, 3.05) is 13.2 Å². The van der Waals surface area contributed by atoms with Crippen molar-refractivity contribution in [2.24, 2.45) is 0 Å². The number of ether oxygens (including phenoxy) is 1. The Morgan fingerprint density at radius 3 is 2.45 bits per heavy atom. The molecule has 0 radical (unpaired) electrons. The fourth-order valence-electron chi connectivity index (χ4n) is 4.34. The number of amides is 2. The number of alkyl carbamates (subject to hydrolysis) is 1. The lowest BCUT2D eigenvalue weighted by atomic mass is 9.98. The van der Waals surface area contributed by atoms with Gasteiger partial charge < -0.3 is 15.4 Å². The van der Waals surface area contributed by atoms with E-state index in [1.54, 1.807) is 0 Å². The molecule has 2 N–H and O–H groups in total. The third-order valence-electron chi connectivity index (χ3n) is 5.83. The maximum absolute atomic E-state index is 12.2. The highest BCUT2D eigenvalue weighted by atomic mass is 16.5. The number of fused-ring (bicyclic) bond motifs is 4. The van der Waals surface area contributed by atoms with Gasteiger partial charge in [0.05, 0.1) is 0 Å². The first-order chi connectivity index (χ1) is 15.2. The molecule has 0 aromatic heterocycles. The first-order valence-corrected chi connectivity index (χ1v) is 10.4. The van der Waals surface area contributed by atoms with Crippen LogP contribution in [0.15, 0.2) is 72.8 Å². The molecule has 0 atom stereocenters. The third-order valence-corrected chi connectivity index (χ3v) is 5.83. The van der Waals surface area contributed by atoms with Crippen molar-refractivity contribution < 1.29 is 14.3 Å². The first-order valence-electron chi connectivity index (χ1n) is 10.4. The van der Waals surface area contributed by atoms with Crippen LogP contribution in [0.3, 0.4) is 0 Å². The Morgan fingerprint density at radius 2 is 1.71 bits per heavy atom. The van der Waals surface area contributed by atoms with Crippen LogP contribution >= 0.6 is 0 Å². The first kappa shape index (κ1) is 19.1. The summed E-state index contributed by atoms with van der Waals surface area (Å²) in [6, 6.07) is 22.3. The Balaban J connectivity index is 1.16. The van der Waals surface area contributed by atoms with E-state index in [0.29, 0.717) is 19.7 Å². The third kappa shape index (κ3) is 3.70. The highest BCUT2D eigenvalue weighted by Crippen LogP contribution is 2.44. The zero-order chi connectivity index (χ0) is 21.2. The molecular weight excluding hydrogens is 388 g/mol. The summed E-state index contributed by atoms with van der Waals surface area (Å²) in [5.74, 6) is 0.0267. The standard InChI is InChI=1S/C26H22N2O3/c29-25-19-12-11-17(14-18(19)15-28-25)6-5-13-27-26(30)31-16-24-22-9-3-1-7-20(22)21-8-2-4-10-23(21)24/h1-12,14,24H,13,15-16H2,(H,27,30)(H,28,29). The van der Waals surface area contributed by atoms with Crippen LogP contribution in [-0.4, -0.2) is 25.2 Å². The molecule has 2 aliphatic rings. The molecule has 1 aliphatic heterocycles. The molecule has 3 aromatic carbocycles. The van der Waals surface area contributed by atoms with Crippen molar-refractivity contribution in [3.8, 4) is 11.1 Å². The Labute approximate surface area is 180 Å². The quantitative estimate of drug-likeness (QED) is 0.652. The summed E-state index contributed by atoms with van der Waals surface area (Å²) in [4.78, 5) is 23.8. The van der Waals surface area contributed by atoms with Crippen molar-refractivity contribution in [1.82, 2.24) is 10.6 Å². The van der Waals surface area contributed by atoms with Crippen molar-refractivity contribution in [1.29, 1.82) is 0 Å². The number of carbonyl (C=O) groups is 2. The van der Waals surface area contributed by atoms with Gasteiger partial charge in [0.2, 0.25) is 0 Å². The van der Waals surface area contributed by atoms with Crippen LogP contribution in [0, 0.1) is 0 Å².